The number of carbonyl (C=O) groups excluding carboxylic acids is 1. The summed E-state index contributed by atoms with van der Waals surface area (Å²) in [5.41, 5.74) is 2.05. The van der Waals surface area contributed by atoms with Gasteiger partial charge in [-0.1, -0.05) is 18.2 Å². The van der Waals surface area contributed by atoms with E-state index in [0.717, 1.165) is 17.1 Å². The Morgan fingerprint density at radius 3 is 2.71 bits per heavy atom. The van der Waals surface area contributed by atoms with E-state index in [0.29, 0.717) is 25.5 Å². The highest BCUT2D eigenvalue weighted by atomic mass is 127. The van der Waals surface area contributed by atoms with Crippen molar-refractivity contribution < 1.29 is 4.79 Å². The maximum absolute atomic E-state index is 12.3. The van der Waals surface area contributed by atoms with Crippen LogP contribution in [0.3, 0.4) is 0 Å². The zero-order valence-corrected chi connectivity index (χ0v) is 18.8. The molecule has 1 fully saturated rings. The first-order valence-electron chi connectivity index (χ1n) is 9.01. The first kappa shape index (κ1) is 21.9. The molecule has 1 aliphatic heterocycles. The summed E-state index contributed by atoms with van der Waals surface area (Å²) in [5, 5.41) is 6.66. The molecular weight excluding hydrogens is 467 g/mol. The molecule has 1 unspecified atom stereocenters. The molecule has 1 aromatic heterocycles. The lowest BCUT2D eigenvalue weighted by Crippen LogP contribution is -2.44. The van der Waals surface area contributed by atoms with Gasteiger partial charge < -0.3 is 20.4 Å². The number of para-hydroxylation sites is 1. The van der Waals surface area contributed by atoms with Crippen molar-refractivity contribution in [2.45, 2.75) is 19.0 Å². The van der Waals surface area contributed by atoms with Gasteiger partial charge in [0.05, 0.1) is 6.04 Å². The van der Waals surface area contributed by atoms with E-state index in [9.17, 15) is 4.79 Å². The van der Waals surface area contributed by atoms with Crippen LogP contribution in [0.1, 0.15) is 12.0 Å². The second-order valence-corrected chi connectivity index (χ2v) is 6.73. The lowest BCUT2D eigenvalue weighted by atomic mass is 10.2. The Morgan fingerprint density at radius 2 is 2.04 bits per heavy atom. The van der Waals surface area contributed by atoms with Crippen molar-refractivity contribution in [3.05, 3.63) is 54.2 Å². The minimum absolute atomic E-state index is 0. The van der Waals surface area contributed by atoms with Crippen LogP contribution >= 0.6 is 24.0 Å². The predicted octanol–water partition coefficient (Wildman–Crippen LogP) is 2.24. The molecule has 0 spiro atoms. The van der Waals surface area contributed by atoms with Crippen LogP contribution in [0.2, 0.25) is 0 Å². The third-order valence-electron chi connectivity index (χ3n) is 4.49. The zero-order chi connectivity index (χ0) is 19.2. The molecule has 0 bridgehead atoms. The fourth-order valence-corrected chi connectivity index (χ4v) is 3.05. The van der Waals surface area contributed by atoms with Gasteiger partial charge in [0.25, 0.3) is 0 Å². The molecule has 1 amide bonds. The highest BCUT2D eigenvalue weighted by Crippen LogP contribution is 2.21. The number of aliphatic imine (C=N–C) groups is 1. The lowest BCUT2D eigenvalue weighted by Gasteiger charge is -2.19. The molecule has 8 heteroatoms. The Bertz CT molecular complexity index is 811. The molecular formula is C20H27IN6O. The molecule has 7 nitrogen and oxygen atoms in total. The SMILES string of the molecule is CN=C(NCc1ccnc(N(C)C)c1)NC1CC(=O)N(c2ccccc2)C1.I. The normalized spacial score (nSPS) is 16.5. The second kappa shape index (κ2) is 10.3. The van der Waals surface area contributed by atoms with Crippen molar-refractivity contribution in [1.29, 1.82) is 0 Å². The van der Waals surface area contributed by atoms with Crippen LogP contribution in [0.25, 0.3) is 0 Å². The van der Waals surface area contributed by atoms with Gasteiger partial charge in [-0.3, -0.25) is 9.79 Å². The molecule has 2 heterocycles. The van der Waals surface area contributed by atoms with Gasteiger partial charge in [0, 0.05) is 52.5 Å². The minimum atomic E-state index is 0. The summed E-state index contributed by atoms with van der Waals surface area (Å²) in [5.74, 6) is 1.72. The van der Waals surface area contributed by atoms with Gasteiger partial charge in [-0.05, 0) is 29.8 Å². The van der Waals surface area contributed by atoms with Crippen molar-refractivity contribution >= 4 is 47.3 Å². The molecule has 28 heavy (non-hydrogen) atoms. The maximum Gasteiger partial charge on any atom is 0.229 e. The fraction of sp³-hybridized carbons (Fsp3) is 0.350. The Labute approximate surface area is 183 Å². The molecule has 0 saturated carbocycles. The van der Waals surface area contributed by atoms with Gasteiger partial charge in [-0.25, -0.2) is 4.98 Å². The van der Waals surface area contributed by atoms with Crippen LogP contribution in [-0.4, -0.2) is 50.6 Å². The molecule has 1 atom stereocenters. The van der Waals surface area contributed by atoms with E-state index >= 15 is 0 Å². The summed E-state index contributed by atoms with van der Waals surface area (Å²) in [6, 6.07) is 13.8. The molecule has 0 radical (unpaired) electrons. The maximum atomic E-state index is 12.3. The average molecular weight is 494 g/mol. The second-order valence-electron chi connectivity index (χ2n) is 6.73. The van der Waals surface area contributed by atoms with E-state index in [1.54, 1.807) is 13.2 Å². The summed E-state index contributed by atoms with van der Waals surface area (Å²) >= 11 is 0. The van der Waals surface area contributed by atoms with Crippen molar-refractivity contribution in [3.8, 4) is 0 Å². The number of pyridine rings is 1. The van der Waals surface area contributed by atoms with Crippen molar-refractivity contribution in [1.82, 2.24) is 15.6 Å². The number of carbonyl (C=O) groups is 1. The van der Waals surface area contributed by atoms with Crippen LogP contribution in [0, 0.1) is 0 Å². The fourth-order valence-electron chi connectivity index (χ4n) is 3.05. The molecule has 150 valence electrons. The number of guanidine groups is 1. The van der Waals surface area contributed by atoms with Crippen LogP contribution < -0.4 is 20.4 Å². The molecule has 0 aliphatic carbocycles. The first-order chi connectivity index (χ1) is 13.1. The Morgan fingerprint density at radius 1 is 1.29 bits per heavy atom. The van der Waals surface area contributed by atoms with Crippen LogP contribution in [-0.2, 0) is 11.3 Å². The predicted molar refractivity (Wildman–Crippen MR) is 125 cm³/mol. The first-order valence-corrected chi connectivity index (χ1v) is 9.01. The zero-order valence-electron chi connectivity index (χ0n) is 16.4. The van der Waals surface area contributed by atoms with Crippen LogP contribution in [0.15, 0.2) is 53.7 Å². The summed E-state index contributed by atoms with van der Waals surface area (Å²) in [6.07, 6.45) is 2.26. The number of anilines is 2. The third kappa shape index (κ3) is 5.57. The van der Waals surface area contributed by atoms with E-state index < -0.39 is 0 Å². The number of nitrogens with one attached hydrogen (secondary N) is 2. The van der Waals surface area contributed by atoms with Gasteiger partial charge >= 0.3 is 0 Å². The number of benzene rings is 1. The van der Waals surface area contributed by atoms with E-state index in [-0.39, 0.29) is 35.9 Å². The Kier molecular flexibility index (Phi) is 8.04. The summed E-state index contributed by atoms with van der Waals surface area (Å²) in [6.45, 7) is 1.26. The largest absolute Gasteiger partial charge is 0.363 e. The molecule has 1 saturated heterocycles. The van der Waals surface area contributed by atoms with Crippen LogP contribution in [0.5, 0.6) is 0 Å². The molecule has 1 aromatic carbocycles. The average Bonchev–Trinajstić information content (AvgIpc) is 3.06. The monoisotopic (exact) mass is 494 g/mol. The standard InChI is InChI=1S/C20H26N6O.HI/c1-21-20(23-13-15-9-10-22-18(11-15)25(2)3)24-16-12-19(27)26(14-16)17-7-5-4-6-8-17;/h4-11,16H,12-14H2,1-3H3,(H2,21,23,24);1H. The number of hydrogen-bond donors (Lipinski definition) is 2. The molecule has 1 aliphatic rings. The van der Waals surface area contributed by atoms with Crippen LogP contribution in [0.4, 0.5) is 11.5 Å². The quantitative estimate of drug-likeness (QED) is 0.379. The number of rotatable bonds is 5. The lowest BCUT2D eigenvalue weighted by molar-refractivity contribution is -0.117. The van der Waals surface area contributed by atoms with Gasteiger partial charge in [0.1, 0.15) is 5.82 Å². The molecule has 2 N–H and O–H groups in total. The molecule has 2 aromatic rings. The van der Waals surface area contributed by atoms with Gasteiger partial charge in [-0.15, -0.1) is 24.0 Å². The topological polar surface area (TPSA) is 72.9 Å². The number of amides is 1. The summed E-state index contributed by atoms with van der Waals surface area (Å²) < 4.78 is 0. The van der Waals surface area contributed by atoms with E-state index in [1.165, 1.54) is 0 Å². The smallest absolute Gasteiger partial charge is 0.229 e. The van der Waals surface area contributed by atoms with Gasteiger partial charge in [-0.2, -0.15) is 0 Å². The number of halogens is 1. The van der Waals surface area contributed by atoms with Gasteiger partial charge in [0.15, 0.2) is 5.96 Å². The van der Waals surface area contributed by atoms with E-state index in [4.69, 9.17) is 0 Å². The number of nitrogens with zero attached hydrogens (tertiary/aromatic N) is 4. The summed E-state index contributed by atoms with van der Waals surface area (Å²) in [4.78, 5) is 24.7. The highest BCUT2D eigenvalue weighted by Gasteiger charge is 2.30. The van der Waals surface area contributed by atoms with Crippen molar-refractivity contribution in [2.24, 2.45) is 4.99 Å². The number of aromatic nitrogens is 1. The minimum Gasteiger partial charge on any atom is -0.363 e. The van der Waals surface area contributed by atoms with E-state index in [2.05, 4.69) is 20.6 Å². The summed E-state index contributed by atoms with van der Waals surface area (Å²) in [7, 11) is 5.67. The Hall–Kier alpha value is -2.36. The van der Waals surface area contributed by atoms with Crippen molar-refractivity contribution in [3.63, 3.8) is 0 Å². The number of hydrogen-bond acceptors (Lipinski definition) is 4. The van der Waals surface area contributed by atoms with E-state index in [1.807, 2.05) is 66.4 Å². The third-order valence-corrected chi connectivity index (χ3v) is 4.49. The Balaban J connectivity index is 0.00000280. The molecule has 3 rings (SSSR count). The highest BCUT2D eigenvalue weighted by molar-refractivity contribution is 14.0. The van der Waals surface area contributed by atoms with Gasteiger partial charge in [0.2, 0.25) is 5.91 Å². The van der Waals surface area contributed by atoms with Crippen molar-refractivity contribution in [2.75, 3.05) is 37.5 Å².